The molecule has 1 unspecified atom stereocenters. The van der Waals surface area contributed by atoms with Crippen molar-refractivity contribution >= 4 is 10.8 Å². The third-order valence-electron chi connectivity index (χ3n) is 3.45. The molecular weight excluding hydrogens is 256 g/mol. The lowest BCUT2D eigenvalue weighted by molar-refractivity contribution is 0.623. The topological polar surface area (TPSA) is 26.0 Å². The lowest BCUT2D eigenvalue weighted by Crippen LogP contribution is -2.12. The van der Waals surface area contributed by atoms with Crippen LogP contribution in [0.15, 0.2) is 60.7 Å². The summed E-state index contributed by atoms with van der Waals surface area (Å²) in [5.74, 6) is -0.611. The third kappa shape index (κ3) is 2.17. The highest BCUT2D eigenvalue weighted by Crippen LogP contribution is 2.29. The van der Waals surface area contributed by atoms with E-state index in [-0.39, 0.29) is 11.6 Å². The van der Waals surface area contributed by atoms with Crippen molar-refractivity contribution in [3.05, 3.63) is 83.4 Å². The predicted molar refractivity (Wildman–Crippen MR) is 76.3 cm³/mol. The van der Waals surface area contributed by atoms with E-state index in [1.54, 1.807) is 30.3 Å². The second-order valence-corrected chi connectivity index (χ2v) is 4.71. The number of hydrogen-bond donors (Lipinski definition) is 1. The standard InChI is InChI=1S/C17H13F2N/c18-12-5-3-4-11(10-12)17(20)15-8-9-16(19)14-7-2-1-6-13(14)15/h1-10,17H,20H2. The van der Waals surface area contributed by atoms with Crippen LogP contribution in [0.3, 0.4) is 0 Å². The summed E-state index contributed by atoms with van der Waals surface area (Å²) in [5, 5.41) is 1.28. The summed E-state index contributed by atoms with van der Waals surface area (Å²) < 4.78 is 27.1. The van der Waals surface area contributed by atoms with E-state index in [0.29, 0.717) is 10.9 Å². The maximum absolute atomic E-state index is 13.8. The van der Waals surface area contributed by atoms with Gasteiger partial charge in [-0.25, -0.2) is 8.78 Å². The van der Waals surface area contributed by atoms with Gasteiger partial charge in [-0.05, 0) is 34.7 Å². The van der Waals surface area contributed by atoms with Crippen LogP contribution in [0.1, 0.15) is 17.2 Å². The zero-order valence-electron chi connectivity index (χ0n) is 10.7. The van der Waals surface area contributed by atoms with Crippen molar-refractivity contribution < 1.29 is 8.78 Å². The fourth-order valence-electron chi connectivity index (χ4n) is 2.44. The van der Waals surface area contributed by atoms with Gasteiger partial charge in [-0.2, -0.15) is 0 Å². The Morgan fingerprint density at radius 2 is 1.55 bits per heavy atom. The average Bonchev–Trinajstić information content (AvgIpc) is 2.47. The first kappa shape index (κ1) is 12.8. The van der Waals surface area contributed by atoms with Crippen LogP contribution in [0.4, 0.5) is 8.78 Å². The SMILES string of the molecule is NC(c1cccc(F)c1)c1ccc(F)c2ccccc12. The highest BCUT2D eigenvalue weighted by Gasteiger charge is 2.14. The van der Waals surface area contributed by atoms with Crippen LogP contribution in [-0.4, -0.2) is 0 Å². The molecule has 0 bridgehead atoms. The molecule has 0 aromatic heterocycles. The molecule has 0 saturated carbocycles. The summed E-state index contributed by atoms with van der Waals surface area (Å²) in [5.41, 5.74) is 7.67. The Balaban J connectivity index is 2.17. The number of hydrogen-bond acceptors (Lipinski definition) is 1. The Morgan fingerprint density at radius 1 is 0.800 bits per heavy atom. The molecule has 0 amide bonds. The molecule has 0 saturated heterocycles. The molecule has 0 aliphatic heterocycles. The Morgan fingerprint density at radius 3 is 2.30 bits per heavy atom. The summed E-state index contributed by atoms with van der Waals surface area (Å²) in [6.07, 6.45) is 0. The van der Waals surface area contributed by atoms with E-state index in [0.717, 1.165) is 10.9 Å². The molecule has 3 aromatic carbocycles. The van der Waals surface area contributed by atoms with E-state index in [1.165, 1.54) is 18.2 Å². The smallest absolute Gasteiger partial charge is 0.131 e. The number of fused-ring (bicyclic) bond motifs is 1. The second kappa shape index (κ2) is 5.02. The maximum atomic E-state index is 13.8. The van der Waals surface area contributed by atoms with Crippen molar-refractivity contribution in [2.24, 2.45) is 5.73 Å². The Kier molecular flexibility index (Phi) is 3.20. The van der Waals surface area contributed by atoms with Gasteiger partial charge in [0.2, 0.25) is 0 Å². The molecule has 0 fully saturated rings. The van der Waals surface area contributed by atoms with Gasteiger partial charge in [-0.3, -0.25) is 0 Å². The molecule has 2 N–H and O–H groups in total. The van der Waals surface area contributed by atoms with Crippen LogP contribution in [0.25, 0.3) is 10.8 Å². The Bertz CT molecular complexity index is 768. The Hall–Kier alpha value is -2.26. The molecular formula is C17H13F2N. The Labute approximate surface area is 115 Å². The van der Waals surface area contributed by atoms with Crippen LogP contribution in [0.5, 0.6) is 0 Å². The van der Waals surface area contributed by atoms with Gasteiger partial charge in [-0.1, -0.05) is 42.5 Å². The van der Waals surface area contributed by atoms with Gasteiger partial charge in [0.25, 0.3) is 0 Å². The van der Waals surface area contributed by atoms with Gasteiger partial charge in [0.15, 0.2) is 0 Å². The van der Waals surface area contributed by atoms with Crippen molar-refractivity contribution in [2.45, 2.75) is 6.04 Å². The van der Waals surface area contributed by atoms with Crippen LogP contribution < -0.4 is 5.73 Å². The molecule has 3 heteroatoms. The average molecular weight is 269 g/mol. The van der Waals surface area contributed by atoms with Gasteiger partial charge in [0.1, 0.15) is 11.6 Å². The van der Waals surface area contributed by atoms with E-state index >= 15 is 0 Å². The predicted octanol–water partition coefficient (Wildman–Crippen LogP) is 4.17. The van der Waals surface area contributed by atoms with Gasteiger partial charge < -0.3 is 5.73 Å². The third-order valence-corrected chi connectivity index (χ3v) is 3.45. The minimum atomic E-state index is -0.490. The summed E-state index contributed by atoms with van der Waals surface area (Å²) in [6.45, 7) is 0. The van der Waals surface area contributed by atoms with E-state index in [9.17, 15) is 8.78 Å². The van der Waals surface area contributed by atoms with Gasteiger partial charge in [0, 0.05) is 5.39 Å². The van der Waals surface area contributed by atoms with E-state index in [2.05, 4.69) is 0 Å². The van der Waals surface area contributed by atoms with Gasteiger partial charge in [0.05, 0.1) is 6.04 Å². The zero-order chi connectivity index (χ0) is 14.1. The number of halogens is 2. The monoisotopic (exact) mass is 269 g/mol. The summed E-state index contributed by atoms with van der Waals surface area (Å²) in [6, 6.07) is 15.9. The highest BCUT2D eigenvalue weighted by atomic mass is 19.1. The van der Waals surface area contributed by atoms with Gasteiger partial charge >= 0.3 is 0 Å². The van der Waals surface area contributed by atoms with Crippen LogP contribution >= 0.6 is 0 Å². The number of rotatable bonds is 2. The fourth-order valence-corrected chi connectivity index (χ4v) is 2.44. The molecule has 1 atom stereocenters. The largest absolute Gasteiger partial charge is 0.320 e. The molecule has 100 valence electrons. The van der Waals surface area contributed by atoms with Crippen molar-refractivity contribution in [1.29, 1.82) is 0 Å². The molecule has 0 spiro atoms. The molecule has 3 aromatic rings. The molecule has 0 radical (unpaired) electrons. The lowest BCUT2D eigenvalue weighted by atomic mass is 9.94. The highest BCUT2D eigenvalue weighted by molar-refractivity contribution is 5.87. The second-order valence-electron chi connectivity index (χ2n) is 4.71. The molecule has 0 aliphatic rings. The van der Waals surface area contributed by atoms with Crippen molar-refractivity contribution in [3.8, 4) is 0 Å². The maximum Gasteiger partial charge on any atom is 0.131 e. The minimum Gasteiger partial charge on any atom is -0.320 e. The first-order valence-electron chi connectivity index (χ1n) is 6.35. The van der Waals surface area contributed by atoms with Crippen LogP contribution in [-0.2, 0) is 0 Å². The van der Waals surface area contributed by atoms with Crippen LogP contribution in [0, 0.1) is 11.6 Å². The molecule has 1 nitrogen and oxygen atoms in total. The summed E-state index contributed by atoms with van der Waals surface area (Å²) in [7, 11) is 0. The normalized spacial score (nSPS) is 12.6. The van der Waals surface area contributed by atoms with E-state index in [4.69, 9.17) is 5.73 Å². The summed E-state index contributed by atoms with van der Waals surface area (Å²) >= 11 is 0. The molecule has 0 heterocycles. The van der Waals surface area contributed by atoms with Gasteiger partial charge in [-0.15, -0.1) is 0 Å². The fraction of sp³-hybridized carbons (Fsp3) is 0.0588. The summed E-state index contributed by atoms with van der Waals surface area (Å²) in [4.78, 5) is 0. The quantitative estimate of drug-likeness (QED) is 0.742. The van der Waals surface area contributed by atoms with Crippen molar-refractivity contribution in [1.82, 2.24) is 0 Å². The number of benzene rings is 3. The first-order valence-corrected chi connectivity index (χ1v) is 6.35. The zero-order valence-corrected chi connectivity index (χ0v) is 10.7. The molecule has 20 heavy (non-hydrogen) atoms. The molecule has 3 rings (SSSR count). The van der Waals surface area contributed by atoms with E-state index < -0.39 is 6.04 Å². The van der Waals surface area contributed by atoms with E-state index in [1.807, 2.05) is 12.1 Å². The number of nitrogens with two attached hydrogens (primary N) is 1. The first-order chi connectivity index (χ1) is 9.66. The minimum absolute atomic E-state index is 0.282. The molecule has 0 aliphatic carbocycles. The van der Waals surface area contributed by atoms with Crippen molar-refractivity contribution in [2.75, 3.05) is 0 Å². The lowest BCUT2D eigenvalue weighted by Gasteiger charge is -2.15. The van der Waals surface area contributed by atoms with Crippen LogP contribution in [0.2, 0.25) is 0 Å². The van der Waals surface area contributed by atoms with Crippen molar-refractivity contribution in [3.63, 3.8) is 0 Å².